The number of ketones is 1. The van der Waals surface area contributed by atoms with Crippen molar-refractivity contribution in [3.05, 3.63) is 77.9 Å². The number of nitrogens with one attached hydrogen (secondary N) is 2. The summed E-state index contributed by atoms with van der Waals surface area (Å²) in [5.41, 5.74) is 0.712. The van der Waals surface area contributed by atoms with Crippen LogP contribution in [0.15, 0.2) is 55.1 Å². The van der Waals surface area contributed by atoms with E-state index in [1.807, 2.05) is 6.07 Å². The van der Waals surface area contributed by atoms with Gasteiger partial charge in [-0.2, -0.15) is 0 Å². The number of benzene rings is 1. The smallest absolute Gasteiger partial charge is 0.411 e. The average molecular weight is 408 g/mol. The quantitative estimate of drug-likeness (QED) is 0.491. The monoisotopic (exact) mass is 408 g/mol. The minimum atomic E-state index is -1.20. The van der Waals surface area contributed by atoms with Crippen LogP contribution in [0.25, 0.3) is 22.2 Å². The van der Waals surface area contributed by atoms with Gasteiger partial charge in [-0.1, -0.05) is 6.07 Å². The lowest BCUT2D eigenvalue weighted by Crippen LogP contribution is -2.15. The molecule has 4 rings (SSSR count). The standard InChI is InChI=1S/C21H14F2N4O3/c1-30-21(29)27-16-5-4-15(22)17(18(16)23)19(28)14-10-26-20-13(14)7-12(9-25-20)11-3-2-6-24-8-11/h2-10H,1H3,(H,25,26)(H,27,29). The van der Waals surface area contributed by atoms with Crippen LogP contribution in [0.2, 0.25) is 0 Å². The molecule has 0 radical (unpaired) electrons. The Kier molecular flexibility index (Phi) is 4.93. The topological polar surface area (TPSA) is 97.0 Å². The predicted octanol–water partition coefficient (Wildman–Crippen LogP) is 4.31. The van der Waals surface area contributed by atoms with Gasteiger partial charge < -0.3 is 9.72 Å². The Bertz CT molecular complexity index is 1270. The number of anilines is 1. The Morgan fingerprint density at radius 2 is 1.97 bits per heavy atom. The molecule has 7 nitrogen and oxygen atoms in total. The Hall–Kier alpha value is -4.14. The highest BCUT2D eigenvalue weighted by Gasteiger charge is 2.25. The minimum Gasteiger partial charge on any atom is -0.453 e. The van der Waals surface area contributed by atoms with Gasteiger partial charge in [0.05, 0.1) is 18.4 Å². The number of aromatic nitrogens is 3. The van der Waals surface area contributed by atoms with Gasteiger partial charge in [-0.05, 0) is 24.3 Å². The molecule has 0 atom stereocenters. The van der Waals surface area contributed by atoms with Gasteiger partial charge in [0.1, 0.15) is 11.5 Å². The summed E-state index contributed by atoms with van der Waals surface area (Å²) < 4.78 is 33.7. The average Bonchev–Trinajstić information content (AvgIpc) is 3.19. The number of fused-ring (bicyclic) bond motifs is 1. The maximum atomic E-state index is 14.9. The molecule has 1 aromatic carbocycles. The highest BCUT2D eigenvalue weighted by Crippen LogP contribution is 2.29. The maximum absolute atomic E-state index is 14.9. The van der Waals surface area contributed by atoms with E-state index in [0.29, 0.717) is 16.6 Å². The maximum Gasteiger partial charge on any atom is 0.411 e. The zero-order chi connectivity index (χ0) is 21.3. The van der Waals surface area contributed by atoms with Gasteiger partial charge in [0, 0.05) is 46.9 Å². The largest absolute Gasteiger partial charge is 0.453 e. The fourth-order valence-corrected chi connectivity index (χ4v) is 3.04. The first-order valence-electron chi connectivity index (χ1n) is 8.74. The molecule has 9 heteroatoms. The molecule has 0 unspecified atom stereocenters. The highest BCUT2D eigenvalue weighted by molar-refractivity contribution is 6.17. The van der Waals surface area contributed by atoms with Crippen molar-refractivity contribution in [2.45, 2.75) is 0 Å². The second kappa shape index (κ2) is 7.70. The van der Waals surface area contributed by atoms with Gasteiger partial charge >= 0.3 is 6.09 Å². The number of rotatable bonds is 4. The van der Waals surface area contributed by atoms with Crippen molar-refractivity contribution in [2.24, 2.45) is 0 Å². The first kappa shape index (κ1) is 19.2. The number of ether oxygens (including phenoxy) is 1. The highest BCUT2D eigenvalue weighted by atomic mass is 19.1. The van der Waals surface area contributed by atoms with Crippen molar-refractivity contribution in [1.29, 1.82) is 0 Å². The van der Waals surface area contributed by atoms with E-state index in [0.717, 1.165) is 24.8 Å². The lowest BCUT2D eigenvalue weighted by atomic mass is 10.00. The summed E-state index contributed by atoms with van der Waals surface area (Å²) in [6.07, 6.45) is 5.26. The Labute approximate surface area is 168 Å². The Morgan fingerprint density at radius 3 is 2.70 bits per heavy atom. The van der Waals surface area contributed by atoms with E-state index in [1.165, 1.54) is 6.20 Å². The van der Waals surface area contributed by atoms with Crippen LogP contribution in [0.4, 0.5) is 19.3 Å². The lowest BCUT2D eigenvalue weighted by Gasteiger charge is -2.09. The third-order valence-electron chi connectivity index (χ3n) is 4.51. The van der Waals surface area contributed by atoms with Gasteiger partial charge in [0.2, 0.25) is 5.78 Å². The molecule has 0 spiro atoms. The van der Waals surface area contributed by atoms with E-state index >= 15 is 0 Å². The number of amides is 1. The third-order valence-corrected chi connectivity index (χ3v) is 4.51. The van der Waals surface area contributed by atoms with Crippen molar-refractivity contribution >= 4 is 28.6 Å². The zero-order valence-corrected chi connectivity index (χ0v) is 15.6. The fraction of sp³-hybridized carbons (Fsp3) is 0.0476. The molecule has 1 amide bonds. The Morgan fingerprint density at radius 1 is 1.13 bits per heavy atom. The predicted molar refractivity (Wildman–Crippen MR) is 105 cm³/mol. The summed E-state index contributed by atoms with van der Waals surface area (Å²) in [6.45, 7) is 0. The van der Waals surface area contributed by atoms with Crippen molar-refractivity contribution < 1.29 is 23.1 Å². The number of hydrogen-bond donors (Lipinski definition) is 2. The molecule has 3 heterocycles. The molecule has 0 fully saturated rings. The summed E-state index contributed by atoms with van der Waals surface area (Å²) >= 11 is 0. The van der Waals surface area contributed by atoms with E-state index in [-0.39, 0.29) is 11.3 Å². The van der Waals surface area contributed by atoms with Crippen LogP contribution in [0.3, 0.4) is 0 Å². The van der Waals surface area contributed by atoms with Gasteiger partial charge in [0.15, 0.2) is 5.82 Å². The van der Waals surface area contributed by atoms with Gasteiger partial charge in [0.25, 0.3) is 0 Å². The van der Waals surface area contributed by atoms with E-state index in [9.17, 15) is 18.4 Å². The summed E-state index contributed by atoms with van der Waals surface area (Å²) in [4.78, 5) is 35.6. The molecule has 0 bridgehead atoms. The summed E-state index contributed by atoms with van der Waals surface area (Å²) in [5, 5.41) is 2.51. The molecular weight excluding hydrogens is 394 g/mol. The molecule has 150 valence electrons. The van der Waals surface area contributed by atoms with Crippen LogP contribution >= 0.6 is 0 Å². The van der Waals surface area contributed by atoms with Gasteiger partial charge in [-0.15, -0.1) is 0 Å². The number of H-pyrrole nitrogens is 1. The normalized spacial score (nSPS) is 10.8. The SMILES string of the molecule is COC(=O)Nc1ccc(F)c(C(=O)c2c[nH]c3ncc(-c4cccnc4)cc23)c1F. The number of hydrogen-bond acceptors (Lipinski definition) is 5. The molecule has 0 aliphatic rings. The number of aromatic amines is 1. The molecule has 3 aromatic heterocycles. The number of methoxy groups -OCH3 is 1. The first-order valence-corrected chi connectivity index (χ1v) is 8.74. The van der Waals surface area contributed by atoms with Crippen LogP contribution in [-0.4, -0.2) is 33.9 Å². The van der Waals surface area contributed by atoms with E-state index in [4.69, 9.17) is 0 Å². The fourth-order valence-electron chi connectivity index (χ4n) is 3.04. The van der Waals surface area contributed by atoms with Crippen molar-refractivity contribution in [2.75, 3.05) is 12.4 Å². The molecule has 0 saturated heterocycles. The van der Waals surface area contributed by atoms with E-state index in [1.54, 1.807) is 30.7 Å². The van der Waals surface area contributed by atoms with Gasteiger partial charge in [-0.25, -0.2) is 18.6 Å². The van der Waals surface area contributed by atoms with Gasteiger partial charge in [-0.3, -0.25) is 15.1 Å². The summed E-state index contributed by atoms with van der Waals surface area (Å²) in [7, 11) is 1.10. The van der Waals surface area contributed by atoms with Crippen LogP contribution in [-0.2, 0) is 4.74 Å². The van der Waals surface area contributed by atoms with Crippen molar-refractivity contribution in [3.8, 4) is 11.1 Å². The second-order valence-electron chi connectivity index (χ2n) is 6.29. The van der Waals surface area contributed by atoms with Crippen LogP contribution in [0, 0.1) is 11.6 Å². The number of carbonyl (C=O) groups excluding carboxylic acids is 2. The third kappa shape index (κ3) is 3.37. The molecule has 30 heavy (non-hydrogen) atoms. The van der Waals surface area contributed by atoms with Crippen LogP contribution in [0.5, 0.6) is 0 Å². The van der Waals surface area contributed by atoms with E-state index in [2.05, 4.69) is 25.0 Å². The number of nitrogens with zero attached hydrogens (tertiary/aromatic N) is 2. The summed E-state index contributed by atoms with van der Waals surface area (Å²) in [5.74, 6) is -3.15. The molecule has 0 aliphatic carbocycles. The number of pyridine rings is 2. The lowest BCUT2D eigenvalue weighted by molar-refractivity contribution is 0.103. The molecule has 2 N–H and O–H groups in total. The Balaban J connectivity index is 1.80. The summed E-state index contributed by atoms with van der Waals surface area (Å²) in [6, 6.07) is 7.18. The minimum absolute atomic E-state index is 0.0382. The second-order valence-corrected chi connectivity index (χ2v) is 6.29. The number of carbonyl (C=O) groups is 2. The van der Waals surface area contributed by atoms with Crippen LogP contribution < -0.4 is 5.32 Å². The molecular formula is C21H14F2N4O3. The molecule has 0 saturated carbocycles. The first-order chi connectivity index (χ1) is 14.5. The van der Waals surface area contributed by atoms with Crippen molar-refractivity contribution in [1.82, 2.24) is 15.0 Å². The molecule has 4 aromatic rings. The van der Waals surface area contributed by atoms with E-state index < -0.39 is 29.1 Å². The number of halogens is 2. The zero-order valence-electron chi connectivity index (χ0n) is 15.6. The molecule has 0 aliphatic heterocycles. The van der Waals surface area contributed by atoms with Crippen molar-refractivity contribution in [3.63, 3.8) is 0 Å². The van der Waals surface area contributed by atoms with Crippen LogP contribution in [0.1, 0.15) is 15.9 Å².